The molecule has 5 nitrogen and oxygen atoms in total. The summed E-state index contributed by atoms with van der Waals surface area (Å²) in [6.45, 7) is 2.16. The van der Waals surface area contributed by atoms with E-state index in [1.807, 2.05) is 0 Å². The molecule has 0 unspecified atom stereocenters. The normalized spacial score (nSPS) is 22.6. The quantitative estimate of drug-likeness (QED) is 0.901. The van der Waals surface area contributed by atoms with Gasteiger partial charge in [-0.1, -0.05) is 19.8 Å². The van der Waals surface area contributed by atoms with E-state index in [0.29, 0.717) is 11.6 Å². The molecule has 1 saturated carbocycles. The number of anilines is 1. The number of urea groups is 1. The molecule has 2 N–H and O–H groups in total. The number of hydrogen-bond acceptors (Lipinski definition) is 3. The van der Waals surface area contributed by atoms with Gasteiger partial charge in [0.15, 0.2) is 9.84 Å². The molecule has 1 fully saturated rings. The van der Waals surface area contributed by atoms with Gasteiger partial charge in [0, 0.05) is 18.0 Å². The van der Waals surface area contributed by atoms with Gasteiger partial charge in [0.25, 0.3) is 0 Å². The summed E-state index contributed by atoms with van der Waals surface area (Å²) in [5.74, 6) is 0.497. The van der Waals surface area contributed by atoms with Crippen LogP contribution < -0.4 is 10.6 Å². The topological polar surface area (TPSA) is 75.3 Å². The number of sulfone groups is 1. The van der Waals surface area contributed by atoms with Gasteiger partial charge in [-0.2, -0.15) is 0 Å². The maximum Gasteiger partial charge on any atom is 0.319 e. The molecule has 0 radical (unpaired) electrons. The fourth-order valence-corrected chi connectivity index (χ4v) is 3.28. The Balaban J connectivity index is 1.93. The highest BCUT2D eigenvalue weighted by Gasteiger charge is 2.22. The highest BCUT2D eigenvalue weighted by atomic mass is 32.2. The van der Waals surface area contributed by atoms with Crippen LogP contribution in [0.5, 0.6) is 0 Å². The first-order chi connectivity index (χ1) is 9.86. The first-order valence-corrected chi connectivity index (χ1v) is 9.13. The van der Waals surface area contributed by atoms with E-state index in [-0.39, 0.29) is 17.0 Å². The molecule has 1 aliphatic carbocycles. The maximum absolute atomic E-state index is 12.0. The molecule has 0 aromatic heterocycles. The van der Waals surface area contributed by atoms with Crippen molar-refractivity contribution >= 4 is 21.6 Å². The van der Waals surface area contributed by atoms with Crippen molar-refractivity contribution in [1.29, 1.82) is 0 Å². The second-order valence-corrected chi connectivity index (χ2v) is 7.78. The average molecular weight is 310 g/mol. The molecule has 0 heterocycles. The smallest absolute Gasteiger partial charge is 0.319 e. The fourth-order valence-electron chi connectivity index (χ4n) is 2.65. The lowest BCUT2D eigenvalue weighted by Crippen LogP contribution is -2.43. The Morgan fingerprint density at radius 3 is 2.33 bits per heavy atom. The lowest BCUT2D eigenvalue weighted by atomic mass is 9.86. The number of benzene rings is 1. The summed E-state index contributed by atoms with van der Waals surface area (Å²) in [4.78, 5) is 12.2. The second-order valence-electron chi connectivity index (χ2n) is 5.76. The van der Waals surface area contributed by atoms with Crippen LogP contribution >= 0.6 is 0 Å². The zero-order valence-electron chi connectivity index (χ0n) is 12.4. The Labute approximate surface area is 126 Å². The van der Waals surface area contributed by atoms with Crippen molar-refractivity contribution in [3.05, 3.63) is 24.3 Å². The summed E-state index contributed by atoms with van der Waals surface area (Å²) < 4.78 is 22.7. The Kier molecular flexibility index (Phi) is 4.88. The van der Waals surface area contributed by atoms with E-state index in [0.717, 1.165) is 25.5 Å². The molecule has 0 aliphatic heterocycles. The molecule has 2 atom stereocenters. The van der Waals surface area contributed by atoms with Crippen molar-refractivity contribution in [2.75, 3.05) is 11.6 Å². The third kappa shape index (κ3) is 4.46. The molecule has 1 aromatic carbocycles. The SMILES string of the molecule is C[C@@H]1CCCC[C@H]1NC(=O)Nc1ccc(S(C)(=O)=O)cc1. The van der Waals surface area contributed by atoms with E-state index in [1.165, 1.54) is 18.6 Å². The van der Waals surface area contributed by atoms with Crippen LogP contribution in [0.25, 0.3) is 0 Å². The third-order valence-corrected chi connectivity index (χ3v) is 5.10. The second kappa shape index (κ2) is 6.47. The molecule has 1 aromatic rings. The van der Waals surface area contributed by atoms with Gasteiger partial charge in [-0.05, 0) is 43.0 Å². The predicted molar refractivity (Wildman–Crippen MR) is 83.1 cm³/mol. The van der Waals surface area contributed by atoms with Gasteiger partial charge in [-0.25, -0.2) is 13.2 Å². The van der Waals surface area contributed by atoms with Crippen LogP contribution in [-0.2, 0) is 9.84 Å². The minimum absolute atomic E-state index is 0.217. The fraction of sp³-hybridized carbons (Fsp3) is 0.533. The van der Waals surface area contributed by atoms with Gasteiger partial charge in [-0.15, -0.1) is 0 Å². The number of rotatable bonds is 3. The standard InChI is InChI=1S/C15H22N2O3S/c1-11-5-3-4-6-14(11)17-15(18)16-12-7-9-13(10-8-12)21(2,19)20/h7-11,14H,3-6H2,1-2H3,(H2,16,17,18)/t11-,14-/m1/s1. The third-order valence-electron chi connectivity index (χ3n) is 3.97. The summed E-state index contributed by atoms with van der Waals surface area (Å²) in [6.07, 6.45) is 5.70. The van der Waals surface area contributed by atoms with Crippen molar-refractivity contribution in [2.45, 2.75) is 43.5 Å². The van der Waals surface area contributed by atoms with Crippen LogP contribution in [0.4, 0.5) is 10.5 Å². The van der Waals surface area contributed by atoms with Gasteiger partial charge in [0.05, 0.1) is 4.90 Å². The Morgan fingerprint density at radius 2 is 1.76 bits per heavy atom. The van der Waals surface area contributed by atoms with E-state index in [2.05, 4.69) is 17.6 Å². The van der Waals surface area contributed by atoms with Gasteiger partial charge in [0.1, 0.15) is 0 Å². The number of nitrogens with one attached hydrogen (secondary N) is 2. The molecule has 1 aliphatic rings. The van der Waals surface area contributed by atoms with E-state index in [9.17, 15) is 13.2 Å². The van der Waals surface area contributed by atoms with Crippen LogP contribution in [0.2, 0.25) is 0 Å². The molecule has 2 amide bonds. The molecule has 6 heteroatoms. The van der Waals surface area contributed by atoms with Crippen LogP contribution in [-0.4, -0.2) is 26.7 Å². The maximum atomic E-state index is 12.0. The Morgan fingerprint density at radius 1 is 1.14 bits per heavy atom. The Hall–Kier alpha value is -1.56. The highest BCUT2D eigenvalue weighted by molar-refractivity contribution is 7.90. The van der Waals surface area contributed by atoms with Crippen molar-refractivity contribution in [3.8, 4) is 0 Å². The lowest BCUT2D eigenvalue weighted by molar-refractivity contribution is 0.232. The average Bonchev–Trinajstić information content (AvgIpc) is 2.41. The highest BCUT2D eigenvalue weighted by Crippen LogP contribution is 2.23. The van der Waals surface area contributed by atoms with Crippen molar-refractivity contribution < 1.29 is 13.2 Å². The molecule has 0 saturated heterocycles. The van der Waals surface area contributed by atoms with E-state index in [4.69, 9.17) is 0 Å². The van der Waals surface area contributed by atoms with Gasteiger partial charge >= 0.3 is 6.03 Å². The summed E-state index contributed by atoms with van der Waals surface area (Å²) in [6, 6.07) is 6.16. The summed E-state index contributed by atoms with van der Waals surface area (Å²) in [7, 11) is -3.21. The van der Waals surface area contributed by atoms with Gasteiger partial charge in [0.2, 0.25) is 0 Å². The molecule has 0 spiro atoms. The van der Waals surface area contributed by atoms with Crippen LogP contribution in [0.3, 0.4) is 0 Å². The largest absolute Gasteiger partial charge is 0.335 e. The van der Waals surface area contributed by atoms with E-state index >= 15 is 0 Å². The van der Waals surface area contributed by atoms with E-state index < -0.39 is 9.84 Å². The number of amides is 2. The molecule has 0 bridgehead atoms. The predicted octanol–water partition coefficient (Wildman–Crippen LogP) is 2.79. The monoisotopic (exact) mass is 310 g/mol. The first kappa shape index (κ1) is 15.8. The first-order valence-electron chi connectivity index (χ1n) is 7.24. The molecule has 2 rings (SSSR count). The molecule has 21 heavy (non-hydrogen) atoms. The van der Waals surface area contributed by atoms with Crippen molar-refractivity contribution in [3.63, 3.8) is 0 Å². The van der Waals surface area contributed by atoms with Crippen LogP contribution in [0.15, 0.2) is 29.2 Å². The van der Waals surface area contributed by atoms with Crippen LogP contribution in [0.1, 0.15) is 32.6 Å². The number of carbonyl (C=O) groups is 1. The summed E-state index contributed by atoms with van der Waals surface area (Å²) >= 11 is 0. The minimum atomic E-state index is -3.21. The van der Waals surface area contributed by atoms with Crippen molar-refractivity contribution in [2.24, 2.45) is 5.92 Å². The zero-order valence-corrected chi connectivity index (χ0v) is 13.2. The zero-order chi connectivity index (χ0) is 15.5. The number of carbonyl (C=O) groups excluding carboxylic acids is 1. The molecular weight excluding hydrogens is 288 g/mol. The van der Waals surface area contributed by atoms with Crippen LogP contribution in [0, 0.1) is 5.92 Å². The minimum Gasteiger partial charge on any atom is -0.335 e. The van der Waals surface area contributed by atoms with E-state index in [1.54, 1.807) is 12.1 Å². The summed E-state index contributed by atoms with van der Waals surface area (Å²) in [5.41, 5.74) is 0.586. The lowest BCUT2D eigenvalue weighted by Gasteiger charge is -2.29. The molecular formula is C15H22N2O3S. The number of hydrogen-bond donors (Lipinski definition) is 2. The Bertz CT molecular complexity index is 596. The summed E-state index contributed by atoms with van der Waals surface area (Å²) in [5, 5.41) is 5.74. The molecule has 116 valence electrons. The van der Waals surface area contributed by atoms with Crippen molar-refractivity contribution in [1.82, 2.24) is 5.32 Å². The van der Waals surface area contributed by atoms with Gasteiger partial charge < -0.3 is 10.6 Å². The van der Waals surface area contributed by atoms with Gasteiger partial charge in [-0.3, -0.25) is 0 Å².